The molecule has 0 aromatic heterocycles. The summed E-state index contributed by atoms with van der Waals surface area (Å²) < 4.78 is 4.57. The van der Waals surface area contributed by atoms with Crippen LogP contribution in [0.15, 0.2) is 72.8 Å². The van der Waals surface area contributed by atoms with Crippen LogP contribution in [0.1, 0.15) is 17.5 Å². The Morgan fingerprint density at radius 2 is 1.62 bits per heavy atom. The molecule has 0 radical (unpaired) electrons. The van der Waals surface area contributed by atoms with Gasteiger partial charge in [-0.25, -0.2) is 0 Å². The van der Waals surface area contributed by atoms with Crippen molar-refractivity contribution in [3.8, 4) is 0 Å². The van der Waals surface area contributed by atoms with Crippen LogP contribution < -0.4 is 5.32 Å². The van der Waals surface area contributed by atoms with Gasteiger partial charge < -0.3 is 10.1 Å². The van der Waals surface area contributed by atoms with Gasteiger partial charge >= 0.3 is 5.97 Å². The van der Waals surface area contributed by atoms with Gasteiger partial charge in [0.25, 0.3) is 0 Å². The van der Waals surface area contributed by atoms with Crippen LogP contribution in [0.2, 0.25) is 0 Å². The fourth-order valence-corrected chi connectivity index (χ4v) is 2.63. The zero-order valence-electron chi connectivity index (χ0n) is 15.1. The van der Waals surface area contributed by atoms with Gasteiger partial charge in [-0.3, -0.25) is 9.59 Å². The van der Waals surface area contributed by atoms with Crippen molar-refractivity contribution < 1.29 is 14.3 Å². The van der Waals surface area contributed by atoms with E-state index in [0.717, 1.165) is 18.4 Å². The van der Waals surface area contributed by atoms with E-state index in [9.17, 15) is 9.59 Å². The van der Waals surface area contributed by atoms with Crippen molar-refractivity contribution in [2.75, 3.05) is 13.7 Å². The molecule has 4 nitrogen and oxygen atoms in total. The number of carbonyl (C=O) groups is 2. The number of ether oxygens (including phenoxy) is 1. The van der Waals surface area contributed by atoms with Crippen molar-refractivity contribution in [2.45, 2.75) is 19.3 Å². The standard InChI is InChI=1S/C22H25NO3/c1-26-21(24)17-23-22(25)20(16-19-13-6-3-7-14-19)15-9-8-12-18-10-4-2-5-11-18/h2-7,9-11,13-15,20H,8,12,16-17H2,1H3,(H,23,25)/b15-9+. The third-order valence-corrected chi connectivity index (χ3v) is 4.08. The second-order valence-electron chi connectivity index (χ2n) is 6.04. The zero-order chi connectivity index (χ0) is 18.6. The van der Waals surface area contributed by atoms with E-state index in [1.54, 1.807) is 0 Å². The molecule has 4 heteroatoms. The molecular weight excluding hydrogens is 326 g/mol. The first kappa shape index (κ1) is 19.4. The summed E-state index contributed by atoms with van der Waals surface area (Å²) in [5, 5.41) is 2.65. The molecule has 1 N–H and O–H groups in total. The first-order valence-corrected chi connectivity index (χ1v) is 8.78. The topological polar surface area (TPSA) is 55.4 Å². The first-order chi connectivity index (χ1) is 12.7. The number of methoxy groups -OCH3 is 1. The molecule has 2 aromatic rings. The fourth-order valence-electron chi connectivity index (χ4n) is 2.63. The number of amides is 1. The predicted molar refractivity (Wildman–Crippen MR) is 103 cm³/mol. The maximum atomic E-state index is 12.5. The van der Waals surface area contributed by atoms with Gasteiger partial charge in [0.15, 0.2) is 0 Å². The van der Waals surface area contributed by atoms with Crippen molar-refractivity contribution in [1.29, 1.82) is 0 Å². The average molecular weight is 351 g/mol. The number of hydrogen-bond acceptors (Lipinski definition) is 3. The summed E-state index contributed by atoms with van der Waals surface area (Å²) in [4.78, 5) is 23.7. The largest absolute Gasteiger partial charge is 0.468 e. The Balaban J connectivity index is 1.95. The zero-order valence-corrected chi connectivity index (χ0v) is 15.1. The molecule has 0 aliphatic rings. The Hall–Kier alpha value is -2.88. The van der Waals surface area contributed by atoms with Crippen LogP contribution in [0.3, 0.4) is 0 Å². The van der Waals surface area contributed by atoms with Crippen LogP contribution in [-0.2, 0) is 27.2 Å². The van der Waals surface area contributed by atoms with Gasteiger partial charge in [-0.1, -0.05) is 72.8 Å². The molecule has 1 unspecified atom stereocenters. The molecule has 0 saturated carbocycles. The molecule has 0 heterocycles. The highest BCUT2D eigenvalue weighted by Gasteiger charge is 2.16. The molecule has 0 aliphatic heterocycles. The van der Waals surface area contributed by atoms with E-state index in [-0.39, 0.29) is 18.4 Å². The maximum Gasteiger partial charge on any atom is 0.325 e. The number of aryl methyl sites for hydroxylation is 1. The predicted octanol–water partition coefficient (Wildman–Crippen LogP) is 3.32. The SMILES string of the molecule is COC(=O)CNC(=O)C(/C=C/CCc1ccccc1)Cc1ccccc1. The third kappa shape index (κ3) is 6.93. The Kier molecular flexibility index (Phi) is 8.13. The van der Waals surface area contributed by atoms with Crippen LogP contribution in [0.5, 0.6) is 0 Å². The van der Waals surface area contributed by atoms with Crippen LogP contribution in [0.4, 0.5) is 0 Å². The Morgan fingerprint density at radius 3 is 2.23 bits per heavy atom. The molecule has 0 aliphatic carbocycles. The second-order valence-corrected chi connectivity index (χ2v) is 6.04. The molecule has 2 aromatic carbocycles. The van der Waals surface area contributed by atoms with E-state index < -0.39 is 5.97 Å². The number of allylic oxidation sites excluding steroid dienone is 1. The minimum absolute atomic E-state index is 0.113. The Labute approximate surface area is 154 Å². The summed E-state index contributed by atoms with van der Waals surface area (Å²) >= 11 is 0. The smallest absolute Gasteiger partial charge is 0.325 e. The van der Waals surface area contributed by atoms with E-state index in [0.29, 0.717) is 6.42 Å². The van der Waals surface area contributed by atoms with E-state index in [1.165, 1.54) is 12.7 Å². The molecule has 26 heavy (non-hydrogen) atoms. The normalized spacial score (nSPS) is 11.9. The lowest BCUT2D eigenvalue weighted by molar-refractivity contribution is -0.141. The van der Waals surface area contributed by atoms with Gasteiger partial charge in [0.2, 0.25) is 5.91 Å². The fraction of sp³-hybridized carbons (Fsp3) is 0.273. The number of nitrogens with one attached hydrogen (secondary N) is 1. The van der Waals surface area contributed by atoms with Crippen molar-refractivity contribution in [1.82, 2.24) is 5.32 Å². The second kappa shape index (κ2) is 10.9. The molecule has 1 atom stereocenters. The number of rotatable bonds is 9. The molecule has 136 valence electrons. The Morgan fingerprint density at radius 1 is 1.00 bits per heavy atom. The van der Waals surface area contributed by atoms with Gasteiger partial charge in [0.1, 0.15) is 6.54 Å². The lowest BCUT2D eigenvalue weighted by atomic mass is 9.97. The van der Waals surface area contributed by atoms with Crippen molar-refractivity contribution in [2.24, 2.45) is 5.92 Å². The van der Waals surface area contributed by atoms with Crippen molar-refractivity contribution in [3.05, 3.63) is 83.9 Å². The molecule has 0 spiro atoms. The number of hydrogen-bond donors (Lipinski definition) is 1. The summed E-state index contributed by atoms with van der Waals surface area (Å²) in [5.74, 6) is -0.946. The van der Waals surface area contributed by atoms with Gasteiger partial charge in [-0.15, -0.1) is 0 Å². The molecule has 2 rings (SSSR count). The van der Waals surface area contributed by atoms with Crippen LogP contribution in [0.25, 0.3) is 0 Å². The summed E-state index contributed by atoms with van der Waals surface area (Å²) in [7, 11) is 1.30. The van der Waals surface area contributed by atoms with Crippen molar-refractivity contribution >= 4 is 11.9 Å². The van der Waals surface area contributed by atoms with Gasteiger partial charge in [0.05, 0.1) is 13.0 Å². The van der Waals surface area contributed by atoms with Crippen molar-refractivity contribution in [3.63, 3.8) is 0 Å². The number of carbonyl (C=O) groups excluding carboxylic acids is 2. The van der Waals surface area contributed by atoms with Gasteiger partial charge in [-0.2, -0.15) is 0 Å². The van der Waals surface area contributed by atoms with Crippen LogP contribution in [-0.4, -0.2) is 25.5 Å². The lowest BCUT2D eigenvalue weighted by Crippen LogP contribution is -2.35. The highest BCUT2D eigenvalue weighted by Crippen LogP contribution is 2.12. The molecule has 0 fully saturated rings. The maximum absolute atomic E-state index is 12.5. The highest BCUT2D eigenvalue weighted by atomic mass is 16.5. The first-order valence-electron chi connectivity index (χ1n) is 8.78. The molecule has 0 saturated heterocycles. The summed E-state index contributed by atoms with van der Waals surface area (Å²) in [6.07, 6.45) is 6.36. The van der Waals surface area contributed by atoms with Gasteiger partial charge in [-0.05, 0) is 30.4 Å². The minimum Gasteiger partial charge on any atom is -0.468 e. The lowest BCUT2D eigenvalue weighted by Gasteiger charge is -2.13. The minimum atomic E-state index is -0.454. The summed E-state index contributed by atoms with van der Waals surface area (Å²) in [5.41, 5.74) is 2.35. The third-order valence-electron chi connectivity index (χ3n) is 4.08. The van der Waals surface area contributed by atoms with E-state index >= 15 is 0 Å². The van der Waals surface area contributed by atoms with Crippen LogP contribution >= 0.6 is 0 Å². The highest BCUT2D eigenvalue weighted by molar-refractivity contribution is 5.84. The quantitative estimate of drug-likeness (QED) is 0.557. The van der Waals surface area contributed by atoms with Crippen LogP contribution in [0, 0.1) is 5.92 Å². The Bertz CT molecular complexity index is 711. The molecular formula is C22H25NO3. The number of benzene rings is 2. The van der Waals surface area contributed by atoms with E-state index in [1.807, 2.05) is 60.7 Å². The van der Waals surface area contributed by atoms with E-state index in [4.69, 9.17) is 0 Å². The molecule has 0 bridgehead atoms. The average Bonchev–Trinajstić information content (AvgIpc) is 2.69. The summed E-state index contributed by atoms with van der Waals surface area (Å²) in [6, 6.07) is 20.1. The monoisotopic (exact) mass is 351 g/mol. The summed E-state index contributed by atoms with van der Waals surface area (Å²) in [6.45, 7) is -0.113. The van der Waals surface area contributed by atoms with Gasteiger partial charge in [0, 0.05) is 0 Å². The number of esters is 1. The molecule has 1 amide bonds. The van der Waals surface area contributed by atoms with E-state index in [2.05, 4.69) is 22.2 Å².